The number of ether oxygens (including phenoxy) is 5. The number of amides is 2. The van der Waals surface area contributed by atoms with E-state index in [2.05, 4.69) is 10.6 Å². The van der Waals surface area contributed by atoms with Gasteiger partial charge in [-0.05, 0) is 50.9 Å². The Labute approximate surface area is 407 Å². The van der Waals surface area contributed by atoms with Gasteiger partial charge in [-0.3, -0.25) is 14.4 Å². The fourth-order valence-electron chi connectivity index (χ4n) is 8.81. The minimum absolute atomic E-state index is 0. The van der Waals surface area contributed by atoms with E-state index in [9.17, 15) is 62.8 Å². The second kappa shape index (κ2) is 27.4. The molecule has 0 radical (unpaired) electrons. The van der Waals surface area contributed by atoms with E-state index in [0.29, 0.717) is 6.42 Å². The number of carboxylic acid groups (broad SMARTS) is 1. The molecule has 0 aromatic heterocycles. The molecule has 4 aliphatic rings. The van der Waals surface area contributed by atoms with Gasteiger partial charge in [0.15, 0.2) is 12.6 Å². The zero-order valence-corrected chi connectivity index (χ0v) is 41.3. The summed E-state index contributed by atoms with van der Waals surface area (Å²) in [6, 6.07) is -1.36. The van der Waals surface area contributed by atoms with Gasteiger partial charge in [0.25, 0.3) is 0 Å². The van der Waals surface area contributed by atoms with Crippen LogP contribution in [0.3, 0.4) is 0 Å². The molecule has 15 atom stereocenters. The first-order chi connectivity index (χ1) is 28.3. The summed E-state index contributed by atoms with van der Waals surface area (Å²) in [5.41, 5.74) is 0. The Morgan fingerprint density at radius 3 is 2.15 bits per heavy atom. The predicted molar refractivity (Wildman–Crippen MR) is 204 cm³/mol. The number of carbonyl (C=O) groups excluding carboxylic acids is 4. The maximum Gasteiger partial charge on any atom is 1.00 e. The molecule has 62 heavy (non-hydrogen) atoms. The second-order valence-electron chi connectivity index (χ2n) is 16.7. The SMILES string of the molecule is CCC1CC(C(=O)CCCNC(=O)CCCS(=O)(=O)[O-])C[C@@H](O[C@@H]2O[C@@H](CO)[C@H](O)C(O[C@@H](CC3CCCCC3)C(=O)[O-])C2NC(C)=O)[C@@H]1O[C@@H]1OC(C)[C@@H](O)[C@H](O)C1O.[Na+].[Na+]. The van der Waals surface area contributed by atoms with Crippen molar-refractivity contribution in [3.8, 4) is 0 Å². The molecule has 0 spiro atoms. The molecule has 4 rings (SSSR count). The van der Waals surface area contributed by atoms with Gasteiger partial charge in [0, 0.05) is 38.0 Å². The van der Waals surface area contributed by atoms with Crippen LogP contribution in [-0.2, 0) is 53.0 Å². The first-order valence-corrected chi connectivity index (χ1v) is 22.7. The van der Waals surface area contributed by atoms with Crippen LogP contribution in [0.4, 0.5) is 0 Å². The molecule has 346 valence electrons. The van der Waals surface area contributed by atoms with Crippen LogP contribution in [0.1, 0.15) is 104 Å². The van der Waals surface area contributed by atoms with E-state index >= 15 is 0 Å². The van der Waals surface area contributed by atoms with Crippen molar-refractivity contribution >= 4 is 33.7 Å². The van der Waals surface area contributed by atoms with E-state index in [0.717, 1.165) is 32.1 Å². The summed E-state index contributed by atoms with van der Waals surface area (Å²) in [7, 11) is -4.46. The number of nitrogens with one attached hydrogen (secondary N) is 2. The van der Waals surface area contributed by atoms with Crippen LogP contribution in [0.5, 0.6) is 0 Å². The van der Waals surface area contributed by atoms with Crippen LogP contribution < -0.4 is 74.9 Å². The van der Waals surface area contributed by atoms with Gasteiger partial charge in [0.05, 0.1) is 47.1 Å². The molecule has 2 aliphatic heterocycles. The molecule has 20 nitrogen and oxygen atoms in total. The molecule has 2 amide bonds. The molecule has 0 bridgehead atoms. The van der Waals surface area contributed by atoms with Crippen molar-refractivity contribution in [2.45, 2.75) is 184 Å². The van der Waals surface area contributed by atoms with Gasteiger partial charge in [-0.25, -0.2) is 8.42 Å². The molecule has 7 N–H and O–H groups in total. The Morgan fingerprint density at radius 1 is 0.871 bits per heavy atom. The summed E-state index contributed by atoms with van der Waals surface area (Å²) < 4.78 is 63.3. The number of aliphatic hydroxyl groups excluding tert-OH is 5. The molecular weight excluding hydrogens is 862 g/mol. The Balaban J connectivity index is 0.00000661. The van der Waals surface area contributed by atoms with Gasteiger partial charge in [-0.1, -0.05) is 45.4 Å². The number of hydrogen-bond donors (Lipinski definition) is 7. The zero-order valence-electron chi connectivity index (χ0n) is 36.5. The van der Waals surface area contributed by atoms with Crippen molar-refractivity contribution in [1.29, 1.82) is 0 Å². The monoisotopic (exact) mass is 926 g/mol. The Kier molecular flexibility index (Phi) is 25.5. The second-order valence-corrected chi connectivity index (χ2v) is 18.2. The van der Waals surface area contributed by atoms with E-state index in [1.165, 1.54) is 13.8 Å². The molecule has 0 aromatic rings. The third-order valence-electron chi connectivity index (χ3n) is 12.1. The minimum atomic E-state index is -4.46. The minimum Gasteiger partial charge on any atom is -0.748 e. The summed E-state index contributed by atoms with van der Waals surface area (Å²) in [6.07, 6.45) is -11.6. The number of carboxylic acids is 1. The fourth-order valence-corrected chi connectivity index (χ4v) is 9.31. The Bertz CT molecular complexity index is 1530. The number of carbonyl (C=O) groups is 4. The fraction of sp³-hybridized carbons (Fsp3) is 0.897. The van der Waals surface area contributed by atoms with Crippen molar-refractivity contribution in [1.82, 2.24) is 10.6 Å². The van der Waals surface area contributed by atoms with Crippen molar-refractivity contribution in [2.75, 3.05) is 18.9 Å². The van der Waals surface area contributed by atoms with E-state index in [1.54, 1.807) is 0 Å². The van der Waals surface area contributed by atoms with Gasteiger partial charge in [0.2, 0.25) is 11.8 Å². The number of rotatable bonds is 21. The van der Waals surface area contributed by atoms with E-state index in [1.807, 2.05) is 6.92 Å². The molecule has 6 unspecified atom stereocenters. The number of Topliss-reactive ketones (excluding diaryl/α,β-unsaturated/α-hetero) is 1. The Hall–Kier alpha value is -0.410. The first-order valence-electron chi connectivity index (χ1n) is 21.1. The van der Waals surface area contributed by atoms with Crippen LogP contribution in [0.15, 0.2) is 0 Å². The summed E-state index contributed by atoms with van der Waals surface area (Å²) in [6.45, 7) is 3.85. The normalized spacial score (nSPS) is 34.8. The van der Waals surface area contributed by atoms with Crippen molar-refractivity contribution < 1.29 is 146 Å². The van der Waals surface area contributed by atoms with Crippen molar-refractivity contribution in [3.05, 3.63) is 0 Å². The maximum atomic E-state index is 13.8. The van der Waals surface area contributed by atoms with Gasteiger partial charge < -0.3 is 74.3 Å². The number of hydrogen-bond acceptors (Lipinski definition) is 18. The molecule has 0 aromatic carbocycles. The van der Waals surface area contributed by atoms with E-state index in [4.69, 9.17) is 23.7 Å². The largest absolute Gasteiger partial charge is 1.00 e. The predicted octanol–water partition coefficient (Wildman–Crippen LogP) is -8.12. The molecular formula is C39H64N2Na2O18S. The van der Waals surface area contributed by atoms with Crippen LogP contribution >= 0.6 is 0 Å². The van der Waals surface area contributed by atoms with Crippen LogP contribution in [0, 0.1) is 17.8 Å². The number of aliphatic hydroxyl groups is 5. The molecule has 2 aliphatic carbocycles. The number of aliphatic carboxylic acids is 1. The van der Waals surface area contributed by atoms with Crippen molar-refractivity contribution in [2.24, 2.45) is 17.8 Å². The van der Waals surface area contributed by atoms with Crippen LogP contribution in [0.2, 0.25) is 0 Å². The molecule has 23 heteroatoms. The summed E-state index contributed by atoms with van der Waals surface area (Å²) >= 11 is 0. The molecule has 2 saturated heterocycles. The van der Waals surface area contributed by atoms with Crippen LogP contribution in [-0.4, -0.2) is 161 Å². The van der Waals surface area contributed by atoms with E-state index in [-0.39, 0.29) is 122 Å². The molecule has 2 heterocycles. The van der Waals surface area contributed by atoms with Gasteiger partial charge in [-0.15, -0.1) is 0 Å². The summed E-state index contributed by atoms with van der Waals surface area (Å²) in [4.78, 5) is 51.0. The molecule has 2 saturated carbocycles. The average Bonchev–Trinajstić information content (AvgIpc) is 3.19. The third-order valence-corrected chi connectivity index (χ3v) is 12.9. The van der Waals surface area contributed by atoms with Crippen LogP contribution in [0.25, 0.3) is 0 Å². The zero-order chi connectivity index (χ0) is 44.3. The standard InChI is InChI=1S/C39H66N2O18S.2Na/c1-4-23-17-24(25(44)12-8-14-40-29(45)13-9-15-60(52,53)54)18-26(35(23)59-39-34(49)33(48)31(46)20(2)55-39)57-38-30(41-21(3)43)36(32(47)28(19-42)58-38)56-27(37(50)51)16-22-10-6-5-7-11-22;;/h20,22-24,26-28,30-36,38-39,42,46-49H,4-19H2,1-3H3,(H,40,45)(H,41,43)(H,50,51)(H,52,53,54);;/q;2*+1/p-2/t20?,23?,24?,26-,27+,28+,30?,31-,32+,33+,34?,35-,36?,38-,39+;;/m1../s1. The third kappa shape index (κ3) is 17.0. The number of ketones is 1. The smallest absolute Gasteiger partial charge is 0.748 e. The first kappa shape index (κ1) is 57.7. The average molecular weight is 927 g/mol. The maximum absolute atomic E-state index is 13.8. The van der Waals surface area contributed by atoms with Crippen molar-refractivity contribution in [3.63, 3.8) is 0 Å². The summed E-state index contributed by atoms with van der Waals surface area (Å²) in [5.74, 6) is -4.58. The Morgan fingerprint density at radius 2 is 1.55 bits per heavy atom. The summed E-state index contributed by atoms with van der Waals surface area (Å²) in [5, 5.41) is 71.2. The molecule has 4 fully saturated rings. The topological polar surface area (TPSA) is 320 Å². The van der Waals surface area contributed by atoms with E-state index < -0.39 is 132 Å². The van der Waals surface area contributed by atoms with Gasteiger partial charge >= 0.3 is 59.1 Å². The van der Waals surface area contributed by atoms with Gasteiger partial charge in [0.1, 0.15) is 48.4 Å². The quantitative estimate of drug-likeness (QED) is 0.0319. The van der Waals surface area contributed by atoms with Gasteiger partial charge in [-0.2, -0.15) is 0 Å².